The highest BCUT2D eigenvalue weighted by molar-refractivity contribution is 6.35. The van der Waals surface area contributed by atoms with Crippen molar-refractivity contribution in [3.05, 3.63) is 64.0 Å². The van der Waals surface area contributed by atoms with Crippen LogP contribution in [0.5, 0.6) is 0 Å². The van der Waals surface area contributed by atoms with Crippen LogP contribution in [0.1, 0.15) is 20.8 Å². The number of carbonyl (C=O) groups is 1. The summed E-state index contributed by atoms with van der Waals surface area (Å²) in [5, 5.41) is 3.78. The van der Waals surface area contributed by atoms with Crippen LogP contribution in [0.15, 0.2) is 57.7 Å². The van der Waals surface area contributed by atoms with E-state index in [9.17, 15) is 9.59 Å². The Morgan fingerprint density at radius 3 is 2.54 bits per heavy atom. The van der Waals surface area contributed by atoms with E-state index in [2.05, 4.69) is 5.32 Å². The monoisotopic (exact) mass is 371 g/mol. The summed E-state index contributed by atoms with van der Waals surface area (Å²) < 4.78 is 10.7. The molecule has 0 fully saturated rings. The minimum Gasteiger partial charge on any atom is -0.444 e. The number of anilines is 1. The Hall–Kier alpha value is -2.79. The van der Waals surface area contributed by atoms with Gasteiger partial charge in [-0.15, -0.1) is 0 Å². The largest absolute Gasteiger partial charge is 0.444 e. The lowest BCUT2D eigenvalue weighted by Gasteiger charge is -2.20. The highest BCUT2D eigenvalue weighted by atomic mass is 35.5. The zero-order chi connectivity index (χ0) is 18.9. The molecule has 2 aromatic carbocycles. The van der Waals surface area contributed by atoms with Gasteiger partial charge >= 0.3 is 11.7 Å². The molecule has 1 aromatic heterocycles. The minimum absolute atomic E-state index is 0.303. The number of benzene rings is 2. The quantitative estimate of drug-likeness (QED) is 0.607. The van der Waals surface area contributed by atoms with Gasteiger partial charge in [0.25, 0.3) is 0 Å². The van der Waals surface area contributed by atoms with E-state index in [0.29, 0.717) is 32.8 Å². The maximum Gasteiger partial charge on any atom is 0.412 e. The van der Waals surface area contributed by atoms with E-state index >= 15 is 0 Å². The lowest BCUT2D eigenvalue weighted by atomic mass is 10.0. The molecular weight excluding hydrogens is 354 g/mol. The van der Waals surface area contributed by atoms with Crippen LogP contribution in [-0.2, 0) is 4.74 Å². The summed E-state index contributed by atoms with van der Waals surface area (Å²) in [6, 6.07) is 13.7. The maximum absolute atomic E-state index is 12.5. The smallest absolute Gasteiger partial charge is 0.412 e. The molecule has 3 aromatic rings. The number of para-hydroxylation sites is 1. The van der Waals surface area contributed by atoms with E-state index in [1.54, 1.807) is 69.3 Å². The molecule has 6 heteroatoms. The third kappa shape index (κ3) is 3.89. The van der Waals surface area contributed by atoms with Crippen LogP contribution in [0.2, 0.25) is 5.02 Å². The first kappa shape index (κ1) is 18.0. The third-order valence-electron chi connectivity index (χ3n) is 3.58. The maximum atomic E-state index is 12.5. The van der Waals surface area contributed by atoms with Crippen LogP contribution < -0.4 is 10.9 Å². The van der Waals surface area contributed by atoms with Gasteiger partial charge in [-0.2, -0.15) is 0 Å². The molecule has 0 saturated carbocycles. The highest BCUT2D eigenvalue weighted by Gasteiger charge is 2.19. The first-order valence-corrected chi connectivity index (χ1v) is 8.44. The molecule has 0 saturated heterocycles. The molecule has 3 rings (SSSR count). The van der Waals surface area contributed by atoms with Crippen molar-refractivity contribution in [1.29, 1.82) is 0 Å². The Morgan fingerprint density at radius 2 is 1.81 bits per heavy atom. The number of nitrogens with one attached hydrogen (secondary N) is 1. The molecule has 26 heavy (non-hydrogen) atoms. The number of amides is 1. The number of hydrogen-bond donors (Lipinski definition) is 1. The fourth-order valence-electron chi connectivity index (χ4n) is 2.53. The van der Waals surface area contributed by atoms with E-state index in [1.165, 1.54) is 0 Å². The van der Waals surface area contributed by atoms with Gasteiger partial charge in [-0.05, 0) is 45.0 Å². The van der Waals surface area contributed by atoms with Crippen LogP contribution >= 0.6 is 11.6 Å². The fourth-order valence-corrected chi connectivity index (χ4v) is 2.75. The first-order valence-electron chi connectivity index (χ1n) is 8.06. The second-order valence-electron chi connectivity index (χ2n) is 6.77. The average molecular weight is 372 g/mol. The molecule has 0 aliphatic rings. The van der Waals surface area contributed by atoms with Crippen molar-refractivity contribution in [3.63, 3.8) is 0 Å². The molecule has 0 aliphatic carbocycles. The molecule has 0 bridgehead atoms. The first-order chi connectivity index (χ1) is 12.2. The normalized spacial score (nSPS) is 11.4. The molecule has 0 atom stereocenters. The Morgan fingerprint density at radius 1 is 1.08 bits per heavy atom. The van der Waals surface area contributed by atoms with Crippen molar-refractivity contribution in [2.24, 2.45) is 0 Å². The summed E-state index contributed by atoms with van der Waals surface area (Å²) in [5.41, 5.74) is 0.530. The van der Waals surface area contributed by atoms with Gasteiger partial charge in [0.2, 0.25) is 0 Å². The number of fused-ring (bicyclic) bond motifs is 1. The van der Waals surface area contributed by atoms with Crippen molar-refractivity contribution in [1.82, 2.24) is 0 Å². The highest BCUT2D eigenvalue weighted by Crippen LogP contribution is 2.30. The molecule has 134 valence electrons. The second kappa shape index (κ2) is 6.84. The molecule has 0 unspecified atom stereocenters. The van der Waals surface area contributed by atoms with Gasteiger partial charge in [0.1, 0.15) is 11.2 Å². The van der Waals surface area contributed by atoms with Gasteiger partial charge in [-0.3, -0.25) is 5.32 Å². The summed E-state index contributed by atoms with van der Waals surface area (Å²) in [7, 11) is 0. The van der Waals surface area contributed by atoms with E-state index in [1.807, 2.05) is 0 Å². The summed E-state index contributed by atoms with van der Waals surface area (Å²) in [6.07, 6.45) is -0.604. The number of rotatable bonds is 2. The lowest BCUT2D eigenvalue weighted by molar-refractivity contribution is 0.0636. The van der Waals surface area contributed by atoms with Crippen molar-refractivity contribution in [2.45, 2.75) is 26.4 Å². The van der Waals surface area contributed by atoms with Crippen molar-refractivity contribution < 1.29 is 13.9 Å². The molecule has 0 aliphatic heterocycles. The van der Waals surface area contributed by atoms with E-state index in [0.717, 1.165) is 0 Å². The molecule has 0 radical (unpaired) electrons. The standard InChI is InChI=1S/C20H18ClNO4/c1-20(2,3)26-19(24)22-16-9-5-4-7-12(16)13-11-14-15(21)8-6-10-17(14)25-18(13)23/h4-11H,1-3H3,(H,22,24). The number of halogens is 1. The zero-order valence-electron chi connectivity index (χ0n) is 14.6. The lowest BCUT2D eigenvalue weighted by Crippen LogP contribution is -2.27. The molecular formula is C20H18ClNO4. The van der Waals surface area contributed by atoms with E-state index in [4.69, 9.17) is 20.8 Å². The second-order valence-corrected chi connectivity index (χ2v) is 7.18. The number of ether oxygens (including phenoxy) is 1. The van der Waals surface area contributed by atoms with Crippen molar-refractivity contribution >= 4 is 34.4 Å². The molecule has 1 N–H and O–H groups in total. The topological polar surface area (TPSA) is 68.5 Å². The predicted molar refractivity (Wildman–Crippen MR) is 103 cm³/mol. The summed E-state index contributed by atoms with van der Waals surface area (Å²) in [5.74, 6) is 0. The number of carbonyl (C=O) groups excluding carboxylic acids is 1. The van der Waals surface area contributed by atoms with E-state index in [-0.39, 0.29) is 0 Å². The summed E-state index contributed by atoms with van der Waals surface area (Å²) >= 11 is 6.21. The summed E-state index contributed by atoms with van der Waals surface area (Å²) in [6.45, 7) is 5.33. The van der Waals surface area contributed by atoms with Crippen molar-refractivity contribution in [3.8, 4) is 11.1 Å². The van der Waals surface area contributed by atoms with Gasteiger partial charge in [-0.1, -0.05) is 35.9 Å². The third-order valence-corrected chi connectivity index (χ3v) is 3.91. The Kier molecular flexibility index (Phi) is 4.74. The minimum atomic E-state index is -0.630. The van der Waals surface area contributed by atoms with Crippen LogP contribution in [-0.4, -0.2) is 11.7 Å². The van der Waals surface area contributed by atoms with Gasteiger partial charge in [0.15, 0.2) is 0 Å². The molecule has 1 heterocycles. The van der Waals surface area contributed by atoms with Crippen LogP contribution in [0.4, 0.5) is 10.5 Å². The summed E-state index contributed by atoms with van der Waals surface area (Å²) in [4.78, 5) is 24.6. The predicted octanol–water partition coefficient (Wildman–Crippen LogP) is 5.46. The van der Waals surface area contributed by atoms with Gasteiger partial charge < -0.3 is 9.15 Å². The molecule has 1 amide bonds. The van der Waals surface area contributed by atoms with Crippen molar-refractivity contribution in [2.75, 3.05) is 5.32 Å². The zero-order valence-corrected chi connectivity index (χ0v) is 15.4. The molecule has 0 spiro atoms. The van der Waals surface area contributed by atoms with Gasteiger partial charge in [-0.25, -0.2) is 9.59 Å². The average Bonchev–Trinajstić information content (AvgIpc) is 2.53. The Balaban J connectivity index is 2.07. The Labute approximate surface area is 155 Å². The number of hydrogen-bond acceptors (Lipinski definition) is 4. The van der Waals surface area contributed by atoms with Gasteiger partial charge in [0.05, 0.1) is 16.3 Å². The van der Waals surface area contributed by atoms with Crippen LogP contribution in [0.3, 0.4) is 0 Å². The fraction of sp³-hybridized carbons (Fsp3) is 0.200. The molecule has 5 nitrogen and oxygen atoms in total. The van der Waals surface area contributed by atoms with Crippen LogP contribution in [0.25, 0.3) is 22.1 Å². The Bertz CT molecular complexity index is 1030. The van der Waals surface area contributed by atoms with E-state index < -0.39 is 17.3 Å². The van der Waals surface area contributed by atoms with Gasteiger partial charge in [0, 0.05) is 10.9 Å². The van der Waals surface area contributed by atoms with Crippen LogP contribution in [0, 0.1) is 0 Å². The SMILES string of the molecule is CC(C)(C)OC(=O)Nc1ccccc1-c1cc2c(Cl)cccc2oc1=O.